The third-order valence-corrected chi connectivity index (χ3v) is 2.44. The second kappa shape index (κ2) is 4.29. The van der Waals surface area contributed by atoms with Crippen molar-refractivity contribution in [1.82, 2.24) is 4.98 Å². The van der Waals surface area contributed by atoms with E-state index >= 15 is 0 Å². The number of aryl methyl sites for hydroxylation is 1. The Hall–Kier alpha value is -1.28. The molecule has 2 rings (SSSR count). The maximum absolute atomic E-state index is 8.67. The molecule has 0 aliphatic carbocycles. The van der Waals surface area contributed by atoms with Crippen molar-refractivity contribution in [2.75, 3.05) is 6.61 Å². The van der Waals surface area contributed by atoms with Crippen LogP contribution in [0.4, 0.5) is 0 Å². The number of rotatable bonds is 4. The van der Waals surface area contributed by atoms with Gasteiger partial charge in [0.1, 0.15) is 0 Å². The van der Waals surface area contributed by atoms with Crippen LogP contribution in [0.1, 0.15) is 18.5 Å². The van der Waals surface area contributed by atoms with Gasteiger partial charge in [-0.25, -0.2) is 0 Å². The molecular weight excluding hydrogens is 174 g/mol. The fourth-order valence-electron chi connectivity index (χ4n) is 1.70. The van der Waals surface area contributed by atoms with Gasteiger partial charge >= 0.3 is 0 Å². The molecule has 1 aromatic carbocycles. The van der Waals surface area contributed by atoms with Crippen molar-refractivity contribution in [3.8, 4) is 0 Å². The lowest BCUT2D eigenvalue weighted by Gasteiger charge is -1.94. The predicted octanol–water partition coefficient (Wildman–Crippen LogP) is 2.48. The second-order valence-electron chi connectivity index (χ2n) is 3.56. The molecule has 2 aromatic rings. The summed E-state index contributed by atoms with van der Waals surface area (Å²) >= 11 is 0. The van der Waals surface area contributed by atoms with E-state index in [1.807, 2.05) is 12.1 Å². The fourth-order valence-corrected chi connectivity index (χ4v) is 1.70. The Morgan fingerprint density at radius 1 is 1.14 bits per heavy atom. The van der Waals surface area contributed by atoms with Crippen LogP contribution in [0.25, 0.3) is 10.9 Å². The highest BCUT2D eigenvalue weighted by Gasteiger charge is 1.98. The predicted molar refractivity (Wildman–Crippen MR) is 58.3 cm³/mol. The van der Waals surface area contributed by atoms with Crippen LogP contribution in [-0.2, 0) is 6.42 Å². The van der Waals surface area contributed by atoms with E-state index in [0.717, 1.165) is 19.3 Å². The van der Waals surface area contributed by atoms with Gasteiger partial charge in [-0.1, -0.05) is 18.2 Å². The van der Waals surface area contributed by atoms with E-state index in [1.54, 1.807) is 0 Å². The van der Waals surface area contributed by atoms with Gasteiger partial charge in [0.2, 0.25) is 0 Å². The SMILES string of the molecule is OCCCCc1cc2ccccc2[nH]1. The molecule has 0 unspecified atom stereocenters. The van der Waals surface area contributed by atoms with Crippen LogP contribution >= 0.6 is 0 Å². The number of aromatic amines is 1. The molecule has 0 amide bonds. The minimum absolute atomic E-state index is 0.292. The number of hydrogen-bond donors (Lipinski definition) is 2. The Labute approximate surface area is 83.6 Å². The minimum atomic E-state index is 0.292. The van der Waals surface area contributed by atoms with E-state index < -0.39 is 0 Å². The number of fused-ring (bicyclic) bond motifs is 1. The van der Waals surface area contributed by atoms with Gasteiger partial charge in [-0.15, -0.1) is 0 Å². The number of benzene rings is 1. The maximum Gasteiger partial charge on any atom is 0.0456 e. The first-order valence-corrected chi connectivity index (χ1v) is 5.07. The number of unbranched alkanes of at least 4 members (excludes halogenated alkanes) is 1. The third-order valence-electron chi connectivity index (χ3n) is 2.44. The van der Waals surface area contributed by atoms with E-state index in [4.69, 9.17) is 5.11 Å². The third kappa shape index (κ3) is 1.96. The van der Waals surface area contributed by atoms with Gasteiger partial charge in [0.15, 0.2) is 0 Å². The standard InChI is InChI=1S/C12H15NO/c14-8-4-3-6-11-9-10-5-1-2-7-12(10)13-11/h1-2,5,7,9,13-14H,3-4,6,8H2. The Morgan fingerprint density at radius 2 is 2.00 bits per heavy atom. The number of aliphatic hydroxyl groups excluding tert-OH is 1. The first-order chi connectivity index (χ1) is 6.90. The summed E-state index contributed by atoms with van der Waals surface area (Å²) in [6.07, 6.45) is 2.95. The van der Waals surface area contributed by atoms with Crippen LogP contribution in [0.3, 0.4) is 0 Å². The monoisotopic (exact) mass is 189 g/mol. The van der Waals surface area contributed by atoms with E-state index in [1.165, 1.54) is 16.6 Å². The number of H-pyrrole nitrogens is 1. The molecule has 0 spiro atoms. The van der Waals surface area contributed by atoms with Crippen LogP contribution in [0.5, 0.6) is 0 Å². The van der Waals surface area contributed by atoms with Crippen LogP contribution in [-0.4, -0.2) is 16.7 Å². The van der Waals surface area contributed by atoms with Gasteiger partial charge in [-0.2, -0.15) is 0 Å². The second-order valence-corrected chi connectivity index (χ2v) is 3.56. The van der Waals surface area contributed by atoms with E-state index in [0.29, 0.717) is 6.61 Å². The van der Waals surface area contributed by atoms with Gasteiger partial charge in [-0.05, 0) is 36.8 Å². The van der Waals surface area contributed by atoms with Crippen molar-refractivity contribution in [3.05, 3.63) is 36.0 Å². The minimum Gasteiger partial charge on any atom is -0.396 e. The molecule has 2 N–H and O–H groups in total. The van der Waals surface area contributed by atoms with Gasteiger partial charge in [0, 0.05) is 17.8 Å². The number of aliphatic hydroxyl groups is 1. The summed E-state index contributed by atoms with van der Waals surface area (Å²) in [5.41, 5.74) is 2.46. The highest BCUT2D eigenvalue weighted by atomic mass is 16.2. The molecule has 0 saturated heterocycles. The number of aromatic nitrogens is 1. The molecule has 1 aromatic heterocycles. The van der Waals surface area contributed by atoms with Crippen LogP contribution < -0.4 is 0 Å². The summed E-state index contributed by atoms with van der Waals surface area (Å²) in [4.78, 5) is 3.37. The molecule has 0 saturated carbocycles. The Balaban J connectivity index is 2.11. The molecule has 2 nitrogen and oxygen atoms in total. The van der Waals surface area contributed by atoms with Crippen molar-refractivity contribution in [2.45, 2.75) is 19.3 Å². The number of hydrogen-bond acceptors (Lipinski definition) is 1. The molecule has 0 atom stereocenters. The fraction of sp³-hybridized carbons (Fsp3) is 0.333. The first-order valence-electron chi connectivity index (χ1n) is 5.07. The van der Waals surface area contributed by atoms with Crippen LogP contribution in [0.2, 0.25) is 0 Å². The normalized spacial score (nSPS) is 10.9. The molecule has 0 radical (unpaired) electrons. The lowest BCUT2D eigenvalue weighted by atomic mass is 10.2. The molecular formula is C12H15NO. The summed E-state index contributed by atoms with van der Waals surface area (Å²) in [5, 5.41) is 9.94. The summed E-state index contributed by atoms with van der Waals surface area (Å²) in [7, 11) is 0. The lowest BCUT2D eigenvalue weighted by Crippen LogP contribution is -1.88. The van der Waals surface area contributed by atoms with E-state index in [2.05, 4.69) is 23.2 Å². The molecule has 14 heavy (non-hydrogen) atoms. The first kappa shape index (κ1) is 9.28. The smallest absolute Gasteiger partial charge is 0.0456 e. The highest BCUT2D eigenvalue weighted by Crippen LogP contribution is 2.15. The summed E-state index contributed by atoms with van der Waals surface area (Å²) < 4.78 is 0. The van der Waals surface area contributed by atoms with Crippen molar-refractivity contribution in [1.29, 1.82) is 0 Å². The van der Waals surface area contributed by atoms with Crippen molar-refractivity contribution in [3.63, 3.8) is 0 Å². The molecule has 74 valence electrons. The average molecular weight is 189 g/mol. The molecule has 2 heteroatoms. The van der Waals surface area contributed by atoms with Crippen molar-refractivity contribution >= 4 is 10.9 Å². The lowest BCUT2D eigenvalue weighted by molar-refractivity contribution is 0.284. The van der Waals surface area contributed by atoms with Crippen LogP contribution in [0.15, 0.2) is 30.3 Å². The zero-order valence-electron chi connectivity index (χ0n) is 8.16. The van der Waals surface area contributed by atoms with Gasteiger partial charge in [0.25, 0.3) is 0 Å². The summed E-state index contributed by atoms with van der Waals surface area (Å²) in [5.74, 6) is 0. The average Bonchev–Trinajstić information content (AvgIpc) is 2.60. The summed E-state index contributed by atoms with van der Waals surface area (Å²) in [6, 6.07) is 10.5. The highest BCUT2D eigenvalue weighted by molar-refractivity contribution is 5.80. The zero-order valence-corrected chi connectivity index (χ0v) is 8.16. The van der Waals surface area contributed by atoms with Crippen LogP contribution in [0, 0.1) is 0 Å². The zero-order chi connectivity index (χ0) is 9.80. The van der Waals surface area contributed by atoms with Gasteiger partial charge < -0.3 is 10.1 Å². The molecule has 0 aliphatic rings. The summed E-state index contributed by atoms with van der Waals surface area (Å²) in [6.45, 7) is 0.292. The topological polar surface area (TPSA) is 36.0 Å². The van der Waals surface area contributed by atoms with Crippen molar-refractivity contribution in [2.24, 2.45) is 0 Å². The Kier molecular flexibility index (Phi) is 2.84. The quantitative estimate of drug-likeness (QED) is 0.712. The van der Waals surface area contributed by atoms with Gasteiger partial charge in [-0.3, -0.25) is 0 Å². The Morgan fingerprint density at radius 3 is 2.79 bits per heavy atom. The number of para-hydroxylation sites is 1. The van der Waals surface area contributed by atoms with Gasteiger partial charge in [0.05, 0.1) is 0 Å². The molecule has 0 bridgehead atoms. The van der Waals surface area contributed by atoms with E-state index in [9.17, 15) is 0 Å². The number of nitrogens with one attached hydrogen (secondary N) is 1. The molecule has 0 aliphatic heterocycles. The maximum atomic E-state index is 8.67. The van der Waals surface area contributed by atoms with Crippen molar-refractivity contribution < 1.29 is 5.11 Å². The molecule has 0 fully saturated rings. The Bertz CT molecular complexity index is 372. The van der Waals surface area contributed by atoms with E-state index in [-0.39, 0.29) is 0 Å². The molecule has 1 heterocycles. The largest absolute Gasteiger partial charge is 0.396 e.